The van der Waals surface area contributed by atoms with Gasteiger partial charge in [-0.25, -0.2) is 4.98 Å². The topological polar surface area (TPSA) is 98.2 Å². The van der Waals surface area contributed by atoms with Gasteiger partial charge in [0.1, 0.15) is 29.1 Å². The minimum atomic E-state index is -0.907. The average Bonchev–Trinajstić information content (AvgIpc) is 3.64. The summed E-state index contributed by atoms with van der Waals surface area (Å²) in [7, 11) is 1.59. The molecular formula is C32H30N2O6S. The molecule has 0 spiro atoms. The molecule has 4 aromatic rings. The van der Waals surface area contributed by atoms with Crippen molar-refractivity contribution in [3.63, 3.8) is 0 Å². The smallest absolute Gasteiger partial charge is 0.301 e. The second-order valence-electron chi connectivity index (χ2n) is 10.2. The van der Waals surface area contributed by atoms with Crippen molar-refractivity contribution in [2.45, 2.75) is 45.3 Å². The van der Waals surface area contributed by atoms with E-state index in [1.807, 2.05) is 49.4 Å². The molecule has 9 heteroatoms. The monoisotopic (exact) mass is 570 g/mol. The number of carbonyl (C=O) groups is 2. The lowest BCUT2D eigenvalue weighted by molar-refractivity contribution is -0.132. The molecule has 8 nitrogen and oxygen atoms in total. The first-order valence-electron chi connectivity index (χ1n) is 13.7. The number of fused-ring (bicyclic) bond motifs is 2. The fourth-order valence-electron chi connectivity index (χ4n) is 5.30. The lowest BCUT2D eigenvalue weighted by Crippen LogP contribution is -2.29. The molecule has 3 aromatic carbocycles. The molecule has 41 heavy (non-hydrogen) atoms. The van der Waals surface area contributed by atoms with Crippen LogP contribution in [-0.2, 0) is 16.0 Å². The number of Topliss-reactive ketones (excluding diaryl/α,β-unsaturated/α-hetero) is 1. The van der Waals surface area contributed by atoms with Gasteiger partial charge in [-0.3, -0.25) is 14.5 Å². The number of hydrogen-bond donors (Lipinski definition) is 1. The Kier molecular flexibility index (Phi) is 7.13. The van der Waals surface area contributed by atoms with E-state index in [9.17, 15) is 14.7 Å². The highest BCUT2D eigenvalue weighted by Crippen LogP contribution is 2.45. The Morgan fingerprint density at radius 1 is 1.12 bits per heavy atom. The van der Waals surface area contributed by atoms with Gasteiger partial charge in [-0.2, -0.15) is 0 Å². The molecule has 1 fully saturated rings. The normalized spacial score (nSPS) is 19.4. The van der Waals surface area contributed by atoms with E-state index in [0.717, 1.165) is 28.9 Å². The zero-order valence-electron chi connectivity index (χ0n) is 23.0. The van der Waals surface area contributed by atoms with E-state index in [-0.39, 0.29) is 17.4 Å². The number of thiazole rings is 1. The average molecular weight is 571 g/mol. The van der Waals surface area contributed by atoms with E-state index < -0.39 is 17.7 Å². The van der Waals surface area contributed by atoms with Gasteiger partial charge in [-0.1, -0.05) is 36.8 Å². The van der Waals surface area contributed by atoms with Crippen LogP contribution in [0.4, 0.5) is 5.13 Å². The van der Waals surface area contributed by atoms with Crippen LogP contribution < -0.4 is 19.1 Å². The second kappa shape index (κ2) is 10.9. The van der Waals surface area contributed by atoms with E-state index in [0.29, 0.717) is 46.3 Å². The second-order valence-corrected chi connectivity index (χ2v) is 11.2. The van der Waals surface area contributed by atoms with Crippen LogP contribution in [0.5, 0.6) is 17.2 Å². The number of ketones is 1. The third kappa shape index (κ3) is 4.91. The maximum absolute atomic E-state index is 13.7. The number of methoxy groups -OCH3 is 1. The number of aliphatic hydroxyl groups is 1. The summed E-state index contributed by atoms with van der Waals surface area (Å²) < 4.78 is 17.9. The number of carbonyl (C=O) groups excluding carboxylic acids is 2. The van der Waals surface area contributed by atoms with E-state index in [2.05, 4.69) is 6.92 Å². The van der Waals surface area contributed by atoms with Crippen LogP contribution in [-0.4, -0.2) is 41.6 Å². The zero-order chi connectivity index (χ0) is 28.7. The first-order valence-corrected chi connectivity index (χ1v) is 14.5. The predicted octanol–water partition coefficient (Wildman–Crippen LogP) is 6.43. The highest BCUT2D eigenvalue weighted by atomic mass is 32.1. The summed E-state index contributed by atoms with van der Waals surface area (Å²) in [6, 6.07) is 17.2. The van der Waals surface area contributed by atoms with Gasteiger partial charge in [0.15, 0.2) is 5.13 Å². The number of benzene rings is 3. The third-order valence-corrected chi connectivity index (χ3v) is 8.36. The fourth-order valence-corrected chi connectivity index (χ4v) is 6.32. The lowest BCUT2D eigenvalue weighted by Gasteiger charge is -2.23. The van der Waals surface area contributed by atoms with Gasteiger partial charge < -0.3 is 19.3 Å². The molecule has 2 aliphatic rings. The number of aromatic nitrogens is 1. The quantitative estimate of drug-likeness (QED) is 0.113. The van der Waals surface area contributed by atoms with Crippen molar-refractivity contribution in [3.8, 4) is 17.2 Å². The molecule has 1 amide bonds. The van der Waals surface area contributed by atoms with Gasteiger partial charge in [-0.05, 0) is 73.0 Å². The van der Waals surface area contributed by atoms with Crippen molar-refractivity contribution >= 4 is 44.1 Å². The Balaban J connectivity index is 1.49. The van der Waals surface area contributed by atoms with Crippen LogP contribution in [0.15, 0.2) is 66.2 Å². The van der Waals surface area contributed by atoms with E-state index in [1.54, 1.807) is 25.3 Å². The number of rotatable bonds is 8. The number of unbranched alkanes of at least 4 members (excludes halogenated alkanes) is 1. The maximum atomic E-state index is 13.7. The van der Waals surface area contributed by atoms with E-state index in [1.165, 1.54) is 16.2 Å². The van der Waals surface area contributed by atoms with Crippen LogP contribution in [0.2, 0.25) is 0 Å². The summed E-state index contributed by atoms with van der Waals surface area (Å²) >= 11 is 1.29. The molecule has 0 bridgehead atoms. The SMILES string of the molecule is CCCCOc1cccc([C@@H]2/C(=C(\O)c3ccc4c(c3)C[C@H](C)O4)C(=O)C(=O)N2c2nc3ccc(OC)cc3s2)c1. The molecule has 2 aliphatic heterocycles. The van der Waals surface area contributed by atoms with Gasteiger partial charge in [0.2, 0.25) is 0 Å². The van der Waals surface area contributed by atoms with Crippen LogP contribution in [0.25, 0.3) is 16.0 Å². The molecule has 0 saturated carbocycles. The first kappa shape index (κ1) is 26.8. The number of hydrogen-bond acceptors (Lipinski definition) is 8. The van der Waals surface area contributed by atoms with Crippen LogP contribution in [0.3, 0.4) is 0 Å². The van der Waals surface area contributed by atoms with Crippen molar-refractivity contribution in [2.75, 3.05) is 18.6 Å². The number of amides is 1. The summed E-state index contributed by atoms with van der Waals surface area (Å²) in [5.41, 5.74) is 2.71. The minimum absolute atomic E-state index is 0.00413. The van der Waals surface area contributed by atoms with Gasteiger partial charge in [0, 0.05) is 12.0 Å². The largest absolute Gasteiger partial charge is 0.507 e. The predicted molar refractivity (Wildman–Crippen MR) is 158 cm³/mol. The van der Waals surface area contributed by atoms with Crippen molar-refractivity contribution in [2.24, 2.45) is 0 Å². The fraction of sp³-hybridized carbons (Fsp3) is 0.281. The number of aliphatic hydroxyl groups excluding tert-OH is 1. The summed E-state index contributed by atoms with van der Waals surface area (Å²) in [4.78, 5) is 33.4. The molecule has 6 rings (SSSR count). The summed E-state index contributed by atoms with van der Waals surface area (Å²) in [6.45, 7) is 4.62. The summed E-state index contributed by atoms with van der Waals surface area (Å²) in [5, 5.41) is 12.0. The highest BCUT2D eigenvalue weighted by Gasteiger charge is 2.48. The Hall–Kier alpha value is -4.37. The van der Waals surface area contributed by atoms with Crippen LogP contribution in [0, 0.1) is 0 Å². The zero-order valence-corrected chi connectivity index (χ0v) is 23.9. The molecule has 0 radical (unpaired) electrons. The minimum Gasteiger partial charge on any atom is -0.507 e. The number of anilines is 1. The van der Waals surface area contributed by atoms with Crippen LogP contribution in [0.1, 0.15) is 49.4 Å². The van der Waals surface area contributed by atoms with Gasteiger partial charge >= 0.3 is 5.91 Å². The van der Waals surface area contributed by atoms with Gasteiger partial charge in [0.25, 0.3) is 5.78 Å². The molecule has 0 aliphatic carbocycles. The number of ether oxygens (including phenoxy) is 3. The number of nitrogens with zero attached hydrogens (tertiary/aromatic N) is 2. The Morgan fingerprint density at radius 2 is 1.98 bits per heavy atom. The molecular weight excluding hydrogens is 540 g/mol. The van der Waals surface area contributed by atoms with Crippen molar-refractivity contribution in [1.82, 2.24) is 4.98 Å². The lowest BCUT2D eigenvalue weighted by atomic mass is 9.94. The molecule has 1 aromatic heterocycles. The van der Waals surface area contributed by atoms with E-state index in [4.69, 9.17) is 19.2 Å². The molecule has 0 unspecified atom stereocenters. The Morgan fingerprint density at radius 3 is 2.78 bits per heavy atom. The molecule has 210 valence electrons. The standard InChI is InChI=1S/C32H30N2O6S/c1-4-5-13-39-23-8-6-7-19(16-23)28-27(29(35)20-9-12-25-21(15-20)14-18(2)40-25)30(36)31(37)34(28)32-33-24-11-10-22(38-3)17-26(24)41-32/h6-12,15-18,28,35H,4-5,13-14H2,1-3H3/b29-27+/t18-,28+/m0/s1. The van der Waals surface area contributed by atoms with Crippen LogP contribution >= 0.6 is 11.3 Å². The molecule has 1 saturated heterocycles. The molecule has 2 atom stereocenters. The first-order chi connectivity index (χ1) is 19.9. The van der Waals surface area contributed by atoms with Crippen molar-refractivity contribution in [3.05, 3.63) is 82.9 Å². The Bertz CT molecular complexity index is 1690. The maximum Gasteiger partial charge on any atom is 0.301 e. The summed E-state index contributed by atoms with van der Waals surface area (Å²) in [5.74, 6) is 0.285. The van der Waals surface area contributed by atoms with Gasteiger partial charge in [-0.15, -0.1) is 0 Å². The summed E-state index contributed by atoms with van der Waals surface area (Å²) in [6.07, 6.45) is 2.62. The Labute approximate surface area is 241 Å². The molecule has 3 heterocycles. The molecule has 1 N–H and O–H groups in total. The van der Waals surface area contributed by atoms with E-state index >= 15 is 0 Å². The van der Waals surface area contributed by atoms with Crippen molar-refractivity contribution < 1.29 is 28.9 Å². The van der Waals surface area contributed by atoms with Crippen molar-refractivity contribution in [1.29, 1.82) is 0 Å². The van der Waals surface area contributed by atoms with Gasteiger partial charge in [0.05, 0.1) is 35.5 Å². The third-order valence-electron chi connectivity index (χ3n) is 7.34. The highest BCUT2D eigenvalue weighted by molar-refractivity contribution is 7.22.